The van der Waals surface area contributed by atoms with Gasteiger partial charge in [0.05, 0.1) is 11.6 Å². The molecule has 0 aliphatic rings. The second kappa shape index (κ2) is 4.69. The summed E-state index contributed by atoms with van der Waals surface area (Å²) in [5.74, 6) is 0. The van der Waals surface area contributed by atoms with E-state index in [9.17, 15) is 13.2 Å². The van der Waals surface area contributed by atoms with E-state index in [-0.39, 0.29) is 5.56 Å². The van der Waals surface area contributed by atoms with Gasteiger partial charge in [0.1, 0.15) is 6.33 Å². The first-order chi connectivity index (χ1) is 8.50. The highest BCUT2D eigenvalue weighted by molar-refractivity contribution is 5.34. The van der Waals surface area contributed by atoms with E-state index in [1.807, 2.05) is 0 Å². The molecule has 0 amide bonds. The van der Waals surface area contributed by atoms with Crippen LogP contribution in [-0.4, -0.2) is 15.0 Å². The number of nitrogens with zero attached hydrogens (tertiary/aromatic N) is 3. The van der Waals surface area contributed by atoms with E-state index in [0.717, 1.165) is 18.5 Å². The molecule has 0 saturated carbocycles. The summed E-state index contributed by atoms with van der Waals surface area (Å²) in [6.45, 7) is 0. The third-order valence-corrected chi connectivity index (χ3v) is 2.43. The lowest BCUT2D eigenvalue weighted by atomic mass is 9.99. The summed E-state index contributed by atoms with van der Waals surface area (Å²) in [6.07, 6.45) is 1.77. The first-order valence-electron chi connectivity index (χ1n) is 5.01. The molecule has 4 nitrogen and oxygen atoms in total. The number of halogens is 3. The molecule has 7 heteroatoms. The number of aromatic nitrogens is 3. The van der Waals surface area contributed by atoms with Crippen molar-refractivity contribution in [3.8, 4) is 0 Å². The minimum Gasteiger partial charge on any atom is -0.320 e. The Bertz CT molecular complexity index is 527. The third kappa shape index (κ3) is 2.45. The van der Waals surface area contributed by atoms with Crippen LogP contribution in [0.2, 0.25) is 0 Å². The van der Waals surface area contributed by atoms with Crippen molar-refractivity contribution in [1.29, 1.82) is 0 Å². The van der Waals surface area contributed by atoms with Crippen LogP contribution < -0.4 is 5.73 Å². The average molecular weight is 254 g/mol. The SMILES string of the molecule is NC(c1cncnc1)c1cnccc1C(F)(F)F. The van der Waals surface area contributed by atoms with Crippen LogP contribution >= 0.6 is 0 Å². The lowest BCUT2D eigenvalue weighted by Gasteiger charge is -2.17. The fraction of sp³-hybridized carbons (Fsp3) is 0.182. The molecule has 2 heterocycles. The molecule has 2 aromatic heterocycles. The van der Waals surface area contributed by atoms with Gasteiger partial charge in [-0.3, -0.25) is 4.98 Å². The number of alkyl halides is 3. The zero-order valence-electron chi connectivity index (χ0n) is 9.09. The molecule has 0 spiro atoms. The van der Waals surface area contributed by atoms with Gasteiger partial charge in [0.2, 0.25) is 0 Å². The van der Waals surface area contributed by atoms with Crippen molar-refractivity contribution < 1.29 is 13.2 Å². The van der Waals surface area contributed by atoms with Gasteiger partial charge >= 0.3 is 6.18 Å². The van der Waals surface area contributed by atoms with Crippen LogP contribution in [0.25, 0.3) is 0 Å². The predicted molar refractivity (Wildman–Crippen MR) is 57.3 cm³/mol. The maximum absolute atomic E-state index is 12.8. The van der Waals surface area contributed by atoms with Gasteiger partial charge in [-0.05, 0) is 6.07 Å². The Morgan fingerprint density at radius 2 is 1.72 bits per heavy atom. The van der Waals surface area contributed by atoms with Crippen LogP contribution in [0.5, 0.6) is 0 Å². The topological polar surface area (TPSA) is 64.7 Å². The molecule has 18 heavy (non-hydrogen) atoms. The van der Waals surface area contributed by atoms with E-state index in [1.165, 1.54) is 18.7 Å². The monoisotopic (exact) mass is 254 g/mol. The Balaban J connectivity index is 2.46. The van der Waals surface area contributed by atoms with Crippen molar-refractivity contribution in [3.05, 3.63) is 53.9 Å². The van der Waals surface area contributed by atoms with Crippen LogP contribution in [0.3, 0.4) is 0 Å². The van der Waals surface area contributed by atoms with Crippen molar-refractivity contribution in [2.75, 3.05) is 0 Å². The van der Waals surface area contributed by atoms with E-state index in [2.05, 4.69) is 15.0 Å². The van der Waals surface area contributed by atoms with Gasteiger partial charge < -0.3 is 5.73 Å². The quantitative estimate of drug-likeness (QED) is 0.889. The summed E-state index contributed by atoms with van der Waals surface area (Å²) in [5.41, 5.74) is 5.30. The molecule has 0 radical (unpaired) electrons. The van der Waals surface area contributed by atoms with Gasteiger partial charge in [0.25, 0.3) is 0 Å². The molecule has 0 bridgehead atoms. The number of hydrogen-bond donors (Lipinski definition) is 1. The minimum atomic E-state index is -4.47. The molecule has 2 aromatic rings. The zero-order chi connectivity index (χ0) is 13.2. The number of nitrogens with two attached hydrogens (primary N) is 1. The van der Waals surface area contributed by atoms with Gasteiger partial charge in [-0.15, -0.1) is 0 Å². The van der Waals surface area contributed by atoms with Crippen molar-refractivity contribution in [2.24, 2.45) is 5.73 Å². The molecule has 0 aliphatic carbocycles. The number of hydrogen-bond acceptors (Lipinski definition) is 4. The lowest BCUT2D eigenvalue weighted by Crippen LogP contribution is -2.19. The Morgan fingerprint density at radius 1 is 1.06 bits per heavy atom. The average Bonchev–Trinajstić information content (AvgIpc) is 2.38. The van der Waals surface area contributed by atoms with Gasteiger partial charge in [0.15, 0.2) is 0 Å². The summed E-state index contributed by atoms with van der Waals surface area (Å²) >= 11 is 0. The predicted octanol–water partition coefficient (Wildman–Crippen LogP) is 1.94. The zero-order valence-corrected chi connectivity index (χ0v) is 9.09. The molecule has 0 fully saturated rings. The van der Waals surface area contributed by atoms with Crippen LogP contribution in [0.15, 0.2) is 37.2 Å². The van der Waals surface area contributed by atoms with Crippen molar-refractivity contribution in [1.82, 2.24) is 15.0 Å². The standard InChI is InChI=1S/C11H9F3N4/c12-11(13,14)9-1-2-16-5-8(9)10(15)7-3-17-6-18-4-7/h1-6,10H,15H2. The number of rotatable bonds is 2. The van der Waals surface area contributed by atoms with Crippen LogP contribution in [-0.2, 0) is 6.18 Å². The molecule has 1 atom stereocenters. The molecule has 94 valence electrons. The molecule has 0 saturated heterocycles. The van der Waals surface area contributed by atoms with Crippen LogP contribution in [0, 0.1) is 0 Å². The third-order valence-electron chi connectivity index (χ3n) is 2.43. The van der Waals surface area contributed by atoms with E-state index in [1.54, 1.807) is 0 Å². The molecule has 0 aromatic carbocycles. The Kier molecular flexibility index (Phi) is 3.24. The van der Waals surface area contributed by atoms with E-state index < -0.39 is 17.8 Å². The van der Waals surface area contributed by atoms with Crippen molar-refractivity contribution >= 4 is 0 Å². The van der Waals surface area contributed by atoms with E-state index >= 15 is 0 Å². The largest absolute Gasteiger partial charge is 0.416 e. The smallest absolute Gasteiger partial charge is 0.320 e. The summed E-state index contributed by atoms with van der Waals surface area (Å²) in [4.78, 5) is 11.1. The fourth-order valence-corrected chi connectivity index (χ4v) is 1.56. The van der Waals surface area contributed by atoms with Crippen LogP contribution in [0.4, 0.5) is 13.2 Å². The summed E-state index contributed by atoms with van der Waals surface area (Å²) in [7, 11) is 0. The lowest BCUT2D eigenvalue weighted by molar-refractivity contribution is -0.138. The second-order valence-electron chi connectivity index (χ2n) is 3.61. The first kappa shape index (κ1) is 12.4. The van der Waals surface area contributed by atoms with Gasteiger partial charge in [-0.2, -0.15) is 13.2 Å². The van der Waals surface area contributed by atoms with Gasteiger partial charge in [-0.1, -0.05) is 0 Å². The maximum atomic E-state index is 12.8. The number of pyridine rings is 1. The molecule has 2 N–H and O–H groups in total. The second-order valence-corrected chi connectivity index (χ2v) is 3.61. The highest BCUT2D eigenvalue weighted by Crippen LogP contribution is 2.34. The van der Waals surface area contributed by atoms with Gasteiger partial charge in [0, 0.05) is 35.9 Å². The maximum Gasteiger partial charge on any atom is 0.416 e. The fourth-order valence-electron chi connectivity index (χ4n) is 1.56. The summed E-state index contributed by atoms with van der Waals surface area (Å²) in [6, 6.07) is -0.0598. The Hall–Kier alpha value is -2.02. The molecule has 2 rings (SSSR count). The van der Waals surface area contributed by atoms with Crippen LogP contribution in [0.1, 0.15) is 22.7 Å². The first-order valence-corrected chi connectivity index (χ1v) is 5.01. The van der Waals surface area contributed by atoms with Crippen molar-refractivity contribution in [2.45, 2.75) is 12.2 Å². The summed E-state index contributed by atoms with van der Waals surface area (Å²) < 4.78 is 38.4. The van der Waals surface area contributed by atoms with Crippen molar-refractivity contribution in [3.63, 3.8) is 0 Å². The summed E-state index contributed by atoms with van der Waals surface area (Å²) in [5, 5.41) is 0. The molecular weight excluding hydrogens is 245 g/mol. The Labute approximate surface area is 101 Å². The van der Waals surface area contributed by atoms with Gasteiger partial charge in [-0.25, -0.2) is 9.97 Å². The molecular formula is C11H9F3N4. The normalized spacial score (nSPS) is 13.3. The highest BCUT2D eigenvalue weighted by Gasteiger charge is 2.34. The Morgan fingerprint density at radius 3 is 2.33 bits per heavy atom. The minimum absolute atomic E-state index is 0.0974. The molecule has 1 unspecified atom stereocenters. The van der Waals surface area contributed by atoms with E-state index in [4.69, 9.17) is 5.73 Å². The van der Waals surface area contributed by atoms with E-state index in [0.29, 0.717) is 5.56 Å². The highest BCUT2D eigenvalue weighted by atomic mass is 19.4. The molecule has 0 aliphatic heterocycles.